The molecule has 5 heteroatoms. The van der Waals surface area contributed by atoms with Gasteiger partial charge in [0, 0.05) is 0 Å². The molecule has 0 aliphatic carbocycles. The second-order valence-corrected chi connectivity index (χ2v) is 24.9. The average molecular weight is 662 g/mol. The van der Waals surface area contributed by atoms with Crippen molar-refractivity contribution in [1.29, 1.82) is 0 Å². The summed E-state index contributed by atoms with van der Waals surface area (Å²) >= 11 is -0.270. The van der Waals surface area contributed by atoms with Gasteiger partial charge in [0.1, 0.15) is 0 Å². The summed E-state index contributed by atoms with van der Waals surface area (Å²) in [6, 6.07) is 8.31. The van der Waals surface area contributed by atoms with Gasteiger partial charge in [-0.3, -0.25) is 0 Å². The molecule has 1 aromatic carbocycles. The first-order valence-electron chi connectivity index (χ1n) is 12.5. The van der Waals surface area contributed by atoms with E-state index in [0.29, 0.717) is 13.1 Å². The van der Waals surface area contributed by atoms with Crippen LogP contribution in [0.3, 0.4) is 0 Å². The van der Waals surface area contributed by atoms with Crippen LogP contribution in [0, 0.1) is 3.57 Å². The molecule has 0 atom stereocenters. The molecule has 0 N–H and O–H groups in total. The van der Waals surface area contributed by atoms with Crippen molar-refractivity contribution in [3.8, 4) is 0 Å². The summed E-state index contributed by atoms with van der Waals surface area (Å²) < 4.78 is 12.5. The normalized spacial score (nSPS) is 12.0. The van der Waals surface area contributed by atoms with Gasteiger partial charge in [0.25, 0.3) is 0 Å². The Morgan fingerprint density at radius 1 is 1.00 bits per heavy atom. The summed E-state index contributed by atoms with van der Waals surface area (Å²) in [5.41, 5.74) is 0.663. The van der Waals surface area contributed by atoms with Gasteiger partial charge in [-0.15, -0.1) is 0 Å². The standard InChI is InChI=1S/C15H19INO2.3C4H9.Sn/c1-5-10-17(14(18)19-15(2,3)4)11-12-8-6-7-9-13(12)16;3*1-3-4-2;/h6-9H,1,10-11H2,2-4H3;3*1,3-4H2,2H3;. The molecule has 1 rings (SSSR count). The summed E-state index contributed by atoms with van der Waals surface area (Å²) in [4.78, 5) is 15.2. The van der Waals surface area contributed by atoms with Gasteiger partial charge in [-0.05, 0) is 0 Å². The summed E-state index contributed by atoms with van der Waals surface area (Å²) in [7, 11) is 0. The third-order valence-corrected chi connectivity index (χ3v) is 23.1. The third kappa shape index (κ3) is 10.4. The molecule has 0 heterocycles. The number of carbonyl (C=O) groups excluding carboxylic acids is 1. The van der Waals surface area contributed by atoms with E-state index in [2.05, 4.69) is 55.5 Å². The van der Waals surface area contributed by atoms with Gasteiger partial charge in [-0.2, -0.15) is 0 Å². The van der Waals surface area contributed by atoms with E-state index in [9.17, 15) is 4.79 Å². The number of nitrogens with zero attached hydrogens (tertiary/aromatic N) is 1. The van der Waals surface area contributed by atoms with Gasteiger partial charge in [0.15, 0.2) is 0 Å². The van der Waals surface area contributed by atoms with E-state index in [4.69, 9.17) is 11.3 Å². The molecule has 0 saturated carbocycles. The van der Waals surface area contributed by atoms with Gasteiger partial charge in [0.05, 0.1) is 0 Å². The predicted octanol–water partition coefficient (Wildman–Crippen LogP) is 8.97. The molecule has 1 aromatic rings. The number of rotatable bonds is 14. The van der Waals surface area contributed by atoms with Crippen LogP contribution in [0.1, 0.15) is 85.6 Å². The molecule has 0 fully saturated rings. The molecular formula is C27H46INO2Sn. The summed E-state index contributed by atoms with van der Waals surface area (Å²) in [6.45, 7) is 18.6. The first-order chi connectivity index (χ1) is 15.1. The number of carbonyl (C=O) groups is 1. The van der Waals surface area contributed by atoms with Crippen molar-refractivity contribution in [3.63, 3.8) is 0 Å². The fourth-order valence-electron chi connectivity index (χ4n) is 4.19. The number of halogens is 1. The molecule has 0 bridgehead atoms. The first kappa shape index (κ1) is 29.8. The molecule has 182 valence electrons. The van der Waals surface area contributed by atoms with Gasteiger partial charge in [-0.1, -0.05) is 0 Å². The summed E-state index contributed by atoms with van der Waals surface area (Å²) in [6.07, 6.45) is 7.38. The van der Waals surface area contributed by atoms with E-state index in [0.717, 1.165) is 0 Å². The second-order valence-electron chi connectivity index (χ2n) is 10.1. The van der Waals surface area contributed by atoms with E-state index in [-0.39, 0.29) is 6.09 Å². The maximum atomic E-state index is 13.3. The Morgan fingerprint density at radius 2 is 1.50 bits per heavy atom. The van der Waals surface area contributed by atoms with E-state index in [1.54, 1.807) is 0 Å². The minimum absolute atomic E-state index is 0.222. The van der Waals surface area contributed by atoms with E-state index in [1.807, 2.05) is 37.8 Å². The van der Waals surface area contributed by atoms with Crippen LogP contribution < -0.4 is 0 Å². The fourth-order valence-corrected chi connectivity index (χ4v) is 20.2. The Labute approximate surface area is 215 Å². The zero-order chi connectivity index (χ0) is 24.2. The minimum atomic E-state index is -2.63. The molecule has 0 aliphatic heterocycles. The van der Waals surface area contributed by atoms with Gasteiger partial charge >= 0.3 is 217 Å². The van der Waals surface area contributed by atoms with Crippen molar-refractivity contribution in [2.45, 2.75) is 106 Å². The Hall–Kier alpha value is -0.241. The van der Waals surface area contributed by atoms with Crippen LogP contribution in [-0.4, -0.2) is 41.5 Å². The molecular weight excluding hydrogens is 616 g/mol. The van der Waals surface area contributed by atoms with E-state index in [1.165, 1.54) is 64.6 Å². The molecule has 0 saturated heterocycles. The number of hydrogen-bond acceptors (Lipinski definition) is 2. The summed E-state index contributed by atoms with van der Waals surface area (Å²) in [5.74, 6) is 0. The van der Waals surface area contributed by atoms with Crippen molar-refractivity contribution < 1.29 is 9.53 Å². The van der Waals surface area contributed by atoms with Crippen molar-refractivity contribution in [2.75, 3.05) is 6.54 Å². The maximum absolute atomic E-state index is 13.3. The Kier molecular flexibility index (Phi) is 13.9. The molecule has 0 aromatic heterocycles. The number of ether oxygens (including phenoxy) is 1. The fraction of sp³-hybridized carbons (Fsp3) is 0.667. The van der Waals surface area contributed by atoms with E-state index >= 15 is 0 Å². The average Bonchev–Trinajstić information content (AvgIpc) is 2.73. The van der Waals surface area contributed by atoms with Crippen molar-refractivity contribution >= 4 is 47.1 Å². The van der Waals surface area contributed by atoms with Crippen LogP contribution in [-0.2, 0) is 11.3 Å². The van der Waals surface area contributed by atoms with Gasteiger partial charge < -0.3 is 0 Å². The van der Waals surface area contributed by atoms with Crippen molar-refractivity contribution in [3.05, 3.63) is 43.6 Å². The SMILES string of the molecule is C=[C](CN(Cc1ccccc1I)C(=O)OC(C)(C)C)[Sn]([CH2]CCC)([CH2]CCC)[CH2]CCC. The van der Waals surface area contributed by atoms with Crippen LogP contribution in [0.25, 0.3) is 0 Å². The molecule has 0 unspecified atom stereocenters. The Bertz CT molecular complexity index is 692. The Balaban J connectivity index is 3.23. The van der Waals surface area contributed by atoms with Crippen LogP contribution in [0.2, 0.25) is 13.3 Å². The van der Waals surface area contributed by atoms with Gasteiger partial charge in [0.2, 0.25) is 0 Å². The number of hydrogen-bond donors (Lipinski definition) is 0. The third-order valence-electron chi connectivity index (χ3n) is 6.13. The molecule has 0 aliphatic rings. The van der Waals surface area contributed by atoms with Crippen LogP contribution in [0.4, 0.5) is 4.79 Å². The molecule has 3 nitrogen and oxygen atoms in total. The quantitative estimate of drug-likeness (QED) is 0.147. The number of unbranched alkanes of at least 4 members (excludes halogenated alkanes) is 3. The van der Waals surface area contributed by atoms with Crippen LogP contribution in [0.5, 0.6) is 0 Å². The molecule has 1 amide bonds. The van der Waals surface area contributed by atoms with Crippen molar-refractivity contribution in [1.82, 2.24) is 4.90 Å². The summed E-state index contributed by atoms with van der Waals surface area (Å²) in [5, 5.41) is 0. The monoisotopic (exact) mass is 663 g/mol. The van der Waals surface area contributed by atoms with Gasteiger partial charge in [-0.25, -0.2) is 0 Å². The molecule has 32 heavy (non-hydrogen) atoms. The van der Waals surface area contributed by atoms with E-state index < -0.39 is 24.0 Å². The zero-order valence-corrected chi connectivity index (χ0v) is 26.4. The molecule has 0 radical (unpaired) electrons. The van der Waals surface area contributed by atoms with Crippen LogP contribution >= 0.6 is 22.6 Å². The van der Waals surface area contributed by atoms with Crippen molar-refractivity contribution in [2.24, 2.45) is 0 Å². The number of amides is 1. The number of benzene rings is 1. The zero-order valence-electron chi connectivity index (χ0n) is 21.4. The second kappa shape index (κ2) is 14.9. The van der Waals surface area contributed by atoms with Crippen LogP contribution in [0.15, 0.2) is 34.4 Å². The predicted molar refractivity (Wildman–Crippen MR) is 150 cm³/mol. The topological polar surface area (TPSA) is 29.5 Å². The first-order valence-corrected chi connectivity index (χ1v) is 21.0. The Morgan fingerprint density at radius 3 is 1.94 bits per heavy atom. The molecule has 0 spiro atoms.